The molecule has 1 N–H and O–H groups in total. The summed E-state index contributed by atoms with van der Waals surface area (Å²) in [6.07, 6.45) is 2.02. The van der Waals surface area contributed by atoms with Gasteiger partial charge in [-0.3, -0.25) is 5.32 Å². The minimum absolute atomic E-state index is 0.284. The van der Waals surface area contributed by atoms with Gasteiger partial charge in [-0.15, -0.1) is 0 Å². The van der Waals surface area contributed by atoms with Crippen molar-refractivity contribution in [2.45, 2.75) is 25.4 Å². The fourth-order valence-corrected chi connectivity index (χ4v) is 2.52. The van der Waals surface area contributed by atoms with E-state index in [-0.39, 0.29) is 6.04 Å². The average Bonchev–Trinajstić information content (AvgIpc) is 2.29. The fraction of sp³-hybridized carbons (Fsp3) is 0.462. The van der Waals surface area contributed by atoms with Crippen molar-refractivity contribution in [1.82, 2.24) is 5.32 Å². The molecule has 0 saturated heterocycles. The molecule has 0 amide bonds. The Kier molecular flexibility index (Phi) is 4.85. The second-order valence-corrected chi connectivity index (χ2v) is 4.98. The maximum atomic E-state index is 9.48. The molecule has 0 fully saturated rings. The van der Waals surface area contributed by atoms with Gasteiger partial charge in [0.25, 0.3) is 0 Å². The zero-order chi connectivity index (χ0) is 12.0. The summed E-state index contributed by atoms with van der Waals surface area (Å²) >= 11 is 1.68. The number of nitrogens with one attached hydrogen (secondary N) is 1. The zero-order valence-electron chi connectivity index (χ0n) is 10.0. The summed E-state index contributed by atoms with van der Waals surface area (Å²) in [6, 6.07) is 12.7. The molecular weight excluding hydrogens is 216 g/mol. The minimum atomic E-state index is -0.575. The maximum Gasteiger partial charge on any atom is 0.141 e. The smallest absolute Gasteiger partial charge is 0.141 e. The monoisotopic (exact) mass is 234 g/mol. The summed E-state index contributed by atoms with van der Waals surface area (Å²) in [4.78, 5) is 0. The van der Waals surface area contributed by atoms with Gasteiger partial charge in [0.05, 0.1) is 6.07 Å². The second-order valence-electron chi connectivity index (χ2n) is 4.12. The highest BCUT2D eigenvalue weighted by atomic mass is 32.2. The highest BCUT2D eigenvalue weighted by molar-refractivity contribution is 7.98. The number of hydrogen-bond acceptors (Lipinski definition) is 3. The van der Waals surface area contributed by atoms with E-state index in [2.05, 4.69) is 25.2 Å². The van der Waals surface area contributed by atoms with Crippen LogP contribution in [0.25, 0.3) is 0 Å². The summed E-state index contributed by atoms with van der Waals surface area (Å²) in [5, 5.41) is 12.9. The van der Waals surface area contributed by atoms with Gasteiger partial charge >= 0.3 is 0 Å². The first kappa shape index (κ1) is 13.1. The van der Waals surface area contributed by atoms with Crippen molar-refractivity contribution in [2.24, 2.45) is 0 Å². The number of rotatable bonds is 5. The first-order chi connectivity index (χ1) is 7.64. The Hall–Kier alpha value is -0.980. The molecule has 0 saturated carbocycles. The highest BCUT2D eigenvalue weighted by Gasteiger charge is 2.31. The van der Waals surface area contributed by atoms with Crippen LogP contribution in [0.15, 0.2) is 30.3 Å². The van der Waals surface area contributed by atoms with Crippen LogP contribution in [0.3, 0.4) is 0 Å². The Morgan fingerprint density at radius 1 is 1.38 bits per heavy atom. The van der Waals surface area contributed by atoms with Gasteiger partial charge in [0.2, 0.25) is 0 Å². The van der Waals surface area contributed by atoms with Gasteiger partial charge in [-0.1, -0.05) is 30.3 Å². The van der Waals surface area contributed by atoms with Gasteiger partial charge in [0, 0.05) is 11.8 Å². The summed E-state index contributed by atoms with van der Waals surface area (Å²) < 4.78 is 0. The van der Waals surface area contributed by atoms with E-state index in [0.29, 0.717) is 0 Å². The van der Waals surface area contributed by atoms with E-state index in [1.807, 2.05) is 36.6 Å². The minimum Gasteiger partial charge on any atom is -0.293 e. The molecule has 0 aliphatic carbocycles. The predicted octanol–water partition coefficient (Wildman–Crippen LogP) is 2.77. The van der Waals surface area contributed by atoms with Gasteiger partial charge in [0.15, 0.2) is 0 Å². The Labute approximate surface area is 102 Å². The molecule has 1 rings (SSSR count). The van der Waals surface area contributed by atoms with Gasteiger partial charge < -0.3 is 0 Å². The number of nitrogens with zero attached hydrogens (tertiary/aromatic N) is 1. The van der Waals surface area contributed by atoms with E-state index < -0.39 is 5.54 Å². The van der Waals surface area contributed by atoms with Crippen molar-refractivity contribution in [3.05, 3.63) is 35.9 Å². The van der Waals surface area contributed by atoms with E-state index in [0.717, 1.165) is 11.3 Å². The van der Waals surface area contributed by atoms with Crippen LogP contribution in [-0.2, 0) is 5.54 Å². The van der Waals surface area contributed by atoms with Gasteiger partial charge in [-0.05, 0) is 25.7 Å². The van der Waals surface area contributed by atoms with E-state index in [9.17, 15) is 5.26 Å². The molecule has 2 nitrogen and oxygen atoms in total. The molecule has 86 valence electrons. The van der Waals surface area contributed by atoms with Crippen LogP contribution in [0.1, 0.15) is 19.4 Å². The first-order valence-electron chi connectivity index (χ1n) is 5.38. The Morgan fingerprint density at radius 3 is 2.44 bits per heavy atom. The summed E-state index contributed by atoms with van der Waals surface area (Å²) in [5.74, 6) is 0.756. The number of benzene rings is 1. The van der Waals surface area contributed by atoms with Gasteiger partial charge in [0.1, 0.15) is 5.54 Å². The Balaban J connectivity index is 3.08. The molecule has 3 heteroatoms. The van der Waals surface area contributed by atoms with Crippen LogP contribution in [0.2, 0.25) is 0 Å². The predicted molar refractivity (Wildman–Crippen MR) is 70.4 cm³/mol. The summed E-state index contributed by atoms with van der Waals surface area (Å²) in [6.45, 7) is 4.13. The van der Waals surface area contributed by atoms with Crippen LogP contribution in [0.5, 0.6) is 0 Å². The standard InChI is InChI=1S/C13H18N2S/c1-11(2)15-13(9-14,10-16-3)12-7-5-4-6-8-12/h4-8,11,15H,10H2,1-3H3. The average molecular weight is 234 g/mol. The highest BCUT2D eigenvalue weighted by Crippen LogP contribution is 2.24. The number of nitriles is 1. The van der Waals surface area contributed by atoms with Crippen molar-refractivity contribution in [1.29, 1.82) is 5.26 Å². The van der Waals surface area contributed by atoms with Crippen molar-refractivity contribution >= 4 is 11.8 Å². The second kappa shape index (κ2) is 5.93. The van der Waals surface area contributed by atoms with Crippen LogP contribution in [0, 0.1) is 11.3 Å². The third-order valence-corrected chi connectivity index (χ3v) is 3.08. The topological polar surface area (TPSA) is 35.8 Å². The lowest BCUT2D eigenvalue weighted by molar-refractivity contribution is 0.425. The molecule has 0 aliphatic heterocycles. The van der Waals surface area contributed by atoms with E-state index in [1.165, 1.54) is 0 Å². The van der Waals surface area contributed by atoms with Crippen LogP contribution < -0.4 is 5.32 Å². The molecule has 1 unspecified atom stereocenters. The molecule has 0 bridgehead atoms. The molecule has 0 aromatic heterocycles. The van der Waals surface area contributed by atoms with E-state index in [4.69, 9.17) is 0 Å². The molecule has 0 heterocycles. The molecule has 1 aromatic carbocycles. The Bertz CT molecular complexity index is 356. The normalized spacial score (nSPS) is 14.4. The molecule has 0 aliphatic rings. The van der Waals surface area contributed by atoms with Crippen LogP contribution in [0.4, 0.5) is 0 Å². The molecule has 16 heavy (non-hydrogen) atoms. The van der Waals surface area contributed by atoms with Crippen molar-refractivity contribution in [3.8, 4) is 6.07 Å². The molecule has 1 aromatic rings. The lowest BCUT2D eigenvalue weighted by Gasteiger charge is -2.30. The van der Waals surface area contributed by atoms with Crippen molar-refractivity contribution in [2.75, 3.05) is 12.0 Å². The molecular formula is C13H18N2S. The first-order valence-corrected chi connectivity index (χ1v) is 6.77. The summed E-state index contributed by atoms with van der Waals surface area (Å²) in [5.41, 5.74) is 0.468. The van der Waals surface area contributed by atoms with E-state index >= 15 is 0 Å². The zero-order valence-corrected chi connectivity index (χ0v) is 10.8. The molecule has 1 atom stereocenters. The van der Waals surface area contributed by atoms with Gasteiger partial charge in [-0.2, -0.15) is 17.0 Å². The quantitative estimate of drug-likeness (QED) is 0.851. The van der Waals surface area contributed by atoms with Crippen LogP contribution in [-0.4, -0.2) is 18.1 Å². The summed E-state index contributed by atoms with van der Waals surface area (Å²) in [7, 11) is 0. The number of hydrogen-bond donors (Lipinski definition) is 1. The fourth-order valence-electron chi connectivity index (χ4n) is 1.77. The van der Waals surface area contributed by atoms with Gasteiger partial charge in [-0.25, -0.2) is 0 Å². The lowest BCUT2D eigenvalue weighted by Crippen LogP contribution is -2.47. The van der Waals surface area contributed by atoms with Crippen molar-refractivity contribution in [3.63, 3.8) is 0 Å². The molecule has 0 radical (unpaired) electrons. The van der Waals surface area contributed by atoms with E-state index in [1.54, 1.807) is 11.8 Å². The van der Waals surface area contributed by atoms with Crippen LogP contribution >= 0.6 is 11.8 Å². The largest absolute Gasteiger partial charge is 0.293 e. The lowest BCUT2D eigenvalue weighted by atomic mass is 9.92. The number of thioether (sulfide) groups is 1. The molecule has 0 spiro atoms. The third kappa shape index (κ3) is 3.01. The van der Waals surface area contributed by atoms with Crippen molar-refractivity contribution < 1.29 is 0 Å². The third-order valence-electron chi connectivity index (χ3n) is 2.35. The Morgan fingerprint density at radius 2 is 2.00 bits per heavy atom. The maximum absolute atomic E-state index is 9.48. The SMILES string of the molecule is CSCC(C#N)(NC(C)C)c1ccccc1.